The first-order valence-corrected chi connectivity index (χ1v) is 15.1. The van der Waals surface area contributed by atoms with Gasteiger partial charge in [-0.2, -0.15) is 0 Å². The number of methoxy groups -OCH3 is 2. The number of rotatable bonds is 6. The quantitative estimate of drug-likeness (QED) is 0.342. The summed E-state index contributed by atoms with van der Waals surface area (Å²) in [5.41, 5.74) is -3.13. The number of aliphatic hydroxyl groups excluding tert-OH is 1. The summed E-state index contributed by atoms with van der Waals surface area (Å²) < 4.78 is 30.4. The second-order valence-corrected chi connectivity index (χ2v) is 13.1. The van der Waals surface area contributed by atoms with Crippen LogP contribution in [0.5, 0.6) is 0 Å². The van der Waals surface area contributed by atoms with Gasteiger partial charge in [0, 0.05) is 38.0 Å². The number of carbonyl (C=O) groups excluding carboxylic acids is 3. The minimum absolute atomic E-state index is 0.0300. The van der Waals surface area contributed by atoms with E-state index < -0.39 is 77.3 Å². The smallest absolute Gasteiger partial charge is 0.316 e. The number of carbonyl (C=O) groups is 3. The highest BCUT2D eigenvalue weighted by molar-refractivity contribution is 6.00. The van der Waals surface area contributed by atoms with Gasteiger partial charge in [0.15, 0.2) is 12.1 Å². The van der Waals surface area contributed by atoms with Gasteiger partial charge in [0.25, 0.3) is 0 Å². The van der Waals surface area contributed by atoms with Crippen molar-refractivity contribution in [2.75, 3.05) is 28.3 Å². The Kier molecular flexibility index (Phi) is 12.7. The van der Waals surface area contributed by atoms with E-state index in [1.807, 2.05) is 25.9 Å². The van der Waals surface area contributed by atoms with Crippen LogP contribution in [0.3, 0.4) is 0 Å². The summed E-state index contributed by atoms with van der Waals surface area (Å²) in [6.07, 6.45) is -4.13. The number of hydrogen-bond donors (Lipinski definition) is 2. The van der Waals surface area contributed by atoms with Crippen LogP contribution in [-0.4, -0.2) is 115 Å². The van der Waals surface area contributed by atoms with Gasteiger partial charge in [-0.25, -0.2) is 0 Å². The van der Waals surface area contributed by atoms with E-state index in [0.29, 0.717) is 6.42 Å². The van der Waals surface area contributed by atoms with Crippen LogP contribution in [0.4, 0.5) is 0 Å². The van der Waals surface area contributed by atoms with E-state index in [1.165, 1.54) is 21.0 Å². The Hall–Kier alpha value is -1.47. The Morgan fingerprint density at radius 2 is 1.60 bits per heavy atom. The second-order valence-electron chi connectivity index (χ2n) is 13.1. The van der Waals surface area contributed by atoms with E-state index in [9.17, 15) is 24.6 Å². The van der Waals surface area contributed by atoms with Crippen LogP contribution in [0.2, 0.25) is 0 Å². The lowest BCUT2D eigenvalue weighted by molar-refractivity contribution is -0.299. The Labute approximate surface area is 251 Å². The summed E-state index contributed by atoms with van der Waals surface area (Å²) in [5.74, 6) is -5.31. The monoisotopic (exact) mass is 601 g/mol. The first-order valence-electron chi connectivity index (χ1n) is 15.1. The zero-order valence-electron chi connectivity index (χ0n) is 27.6. The average Bonchev–Trinajstić information content (AvgIpc) is 2.94. The molecule has 0 amide bonds. The van der Waals surface area contributed by atoms with Crippen molar-refractivity contribution in [1.29, 1.82) is 0 Å². The molecule has 0 aromatic rings. The molecule has 11 heteroatoms. The zero-order valence-corrected chi connectivity index (χ0v) is 27.6. The number of aliphatic hydroxyl groups is 2. The van der Waals surface area contributed by atoms with Crippen LogP contribution in [-0.2, 0) is 38.1 Å². The molecule has 42 heavy (non-hydrogen) atoms. The van der Waals surface area contributed by atoms with E-state index in [-0.39, 0.29) is 30.8 Å². The standard InChI is InChI=1S/C31H55NO10/c1-13-22-31(8,37)26(35)18(4)23(33)16(2)15-30(7,39-12)27(19(5)24(34)20(6)28(36)41-22)42-29-25(38-11)21(32(9)10)14-17(3)40-29/h16-22,25-27,29,35,37H,13-15H2,1-12H3/t16-,17-,18+,19+,20-,21+,22-,25-,26-,27-,29+,30+,31-/m1/s1. The molecule has 0 bridgehead atoms. The number of esters is 1. The van der Waals surface area contributed by atoms with Gasteiger partial charge < -0.3 is 38.8 Å². The maximum Gasteiger partial charge on any atom is 0.316 e. The van der Waals surface area contributed by atoms with E-state index in [4.69, 9.17) is 23.7 Å². The topological polar surface area (TPSA) is 141 Å². The van der Waals surface area contributed by atoms with E-state index in [0.717, 1.165) is 0 Å². The molecular weight excluding hydrogens is 546 g/mol. The molecule has 2 rings (SSSR count). The number of hydrogen-bond acceptors (Lipinski definition) is 11. The van der Waals surface area contributed by atoms with Crippen molar-refractivity contribution in [2.45, 2.75) is 129 Å². The fourth-order valence-corrected chi connectivity index (χ4v) is 6.68. The molecule has 2 aliphatic rings. The van der Waals surface area contributed by atoms with Gasteiger partial charge in [0.05, 0.1) is 23.9 Å². The third-order valence-corrected chi connectivity index (χ3v) is 9.55. The minimum atomic E-state index is -1.93. The SMILES string of the molecule is CC[C@H]1OC(=O)[C@H](C)C(=O)[C@H](C)[C@@H](O[C@@H]2O[C@H](C)C[C@H](N(C)C)[C@H]2OC)[C@@](C)(OC)C[C@@H](C)C(=O)[C@H](C)[C@@H](O)[C@]1(C)O. The number of nitrogens with zero attached hydrogens (tertiary/aromatic N) is 1. The molecule has 0 radical (unpaired) electrons. The molecule has 2 N–H and O–H groups in total. The van der Waals surface area contributed by atoms with Gasteiger partial charge in [0.1, 0.15) is 29.5 Å². The van der Waals surface area contributed by atoms with Crippen LogP contribution in [0.1, 0.15) is 74.7 Å². The molecule has 0 aliphatic carbocycles. The largest absolute Gasteiger partial charge is 0.459 e. The van der Waals surface area contributed by atoms with Crippen molar-refractivity contribution in [2.24, 2.45) is 23.7 Å². The van der Waals surface area contributed by atoms with Crippen LogP contribution < -0.4 is 0 Å². The Morgan fingerprint density at radius 1 is 1.00 bits per heavy atom. The molecule has 244 valence electrons. The number of ketones is 2. The maximum absolute atomic E-state index is 13.9. The third-order valence-electron chi connectivity index (χ3n) is 9.55. The molecule has 0 aromatic heterocycles. The lowest BCUT2D eigenvalue weighted by Gasteiger charge is -2.47. The summed E-state index contributed by atoms with van der Waals surface area (Å²) in [6.45, 7) is 13.2. The molecule has 13 atom stereocenters. The average molecular weight is 602 g/mol. The van der Waals surface area contributed by atoms with Crippen molar-refractivity contribution in [3.63, 3.8) is 0 Å². The molecule has 2 heterocycles. The Bertz CT molecular complexity index is 941. The zero-order chi connectivity index (χ0) is 32.3. The Balaban J connectivity index is 2.64. The fourth-order valence-electron chi connectivity index (χ4n) is 6.68. The summed E-state index contributed by atoms with van der Waals surface area (Å²) in [7, 11) is 6.98. The first-order chi connectivity index (χ1) is 19.4. The molecule has 0 unspecified atom stereocenters. The summed E-state index contributed by atoms with van der Waals surface area (Å²) in [6, 6.07) is -0.0300. The minimum Gasteiger partial charge on any atom is -0.459 e. The molecule has 0 aromatic carbocycles. The molecular formula is C31H55NO10. The van der Waals surface area contributed by atoms with Crippen LogP contribution >= 0.6 is 0 Å². The highest BCUT2D eigenvalue weighted by Gasteiger charge is 2.52. The van der Waals surface area contributed by atoms with Crippen LogP contribution in [0.15, 0.2) is 0 Å². The van der Waals surface area contributed by atoms with Gasteiger partial charge in [0.2, 0.25) is 0 Å². The molecule has 2 aliphatic heterocycles. The predicted octanol–water partition coefficient (Wildman–Crippen LogP) is 2.38. The number of cyclic esters (lactones) is 1. The molecule has 2 saturated heterocycles. The molecule has 11 nitrogen and oxygen atoms in total. The fraction of sp³-hybridized carbons (Fsp3) is 0.903. The summed E-state index contributed by atoms with van der Waals surface area (Å²) in [5, 5.41) is 22.4. The molecule has 0 saturated carbocycles. The van der Waals surface area contributed by atoms with E-state index in [1.54, 1.807) is 41.7 Å². The lowest BCUT2D eigenvalue weighted by atomic mass is 9.74. The number of likely N-dealkylation sites (N-methyl/N-ethyl adjacent to an activating group) is 1. The highest BCUT2D eigenvalue weighted by atomic mass is 16.7. The van der Waals surface area contributed by atoms with Gasteiger partial charge >= 0.3 is 5.97 Å². The summed E-state index contributed by atoms with van der Waals surface area (Å²) in [4.78, 5) is 42.8. The normalized spacial score (nSPS) is 45.0. The summed E-state index contributed by atoms with van der Waals surface area (Å²) >= 11 is 0. The third kappa shape index (κ3) is 7.60. The number of ether oxygens (including phenoxy) is 5. The van der Waals surface area contributed by atoms with Crippen molar-refractivity contribution in [1.82, 2.24) is 4.90 Å². The van der Waals surface area contributed by atoms with Gasteiger partial charge in [-0.1, -0.05) is 27.7 Å². The van der Waals surface area contributed by atoms with Crippen LogP contribution in [0, 0.1) is 23.7 Å². The van der Waals surface area contributed by atoms with Crippen molar-refractivity contribution in [3.8, 4) is 0 Å². The number of Topliss-reactive ketones (excluding diaryl/α,β-unsaturated/α-hetero) is 2. The van der Waals surface area contributed by atoms with Crippen molar-refractivity contribution >= 4 is 17.5 Å². The first kappa shape index (κ1) is 36.7. The maximum atomic E-state index is 13.9. The lowest BCUT2D eigenvalue weighted by Crippen LogP contribution is -2.60. The second kappa shape index (κ2) is 14.5. The van der Waals surface area contributed by atoms with E-state index >= 15 is 0 Å². The highest BCUT2D eigenvalue weighted by Crippen LogP contribution is 2.38. The predicted molar refractivity (Wildman–Crippen MR) is 156 cm³/mol. The van der Waals surface area contributed by atoms with Gasteiger partial charge in [-0.3, -0.25) is 14.4 Å². The van der Waals surface area contributed by atoms with E-state index in [2.05, 4.69) is 0 Å². The van der Waals surface area contributed by atoms with Crippen molar-refractivity contribution in [3.05, 3.63) is 0 Å². The van der Waals surface area contributed by atoms with Crippen LogP contribution in [0.25, 0.3) is 0 Å². The van der Waals surface area contributed by atoms with Gasteiger partial charge in [-0.05, 0) is 61.1 Å². The molecule has 0 spiro atoms. The molecule has 2 fully saturated rings. The Morgan fingerprint density at radius 3 is 2.10 bits per heavy atom. The van der Waals surface area contributed by atoms with Crippen molar-refractivity contribution < 1.29 is 48.3 Å². The van der Waals surface area contributed by atoms with Gasteiger partial charge in [-0.15, -0.1) is 0 Å².